The number of tetrazole rings is 1. The molecule has 1 unspecified atom stereocenters. The molecule has 4 rings (SSSR count). The number of carbonyl (C=O) groups excluding carboxylic acids is 1. The van der Waals surface area contributed by atoms with Crippen molar-refractivity contribution < 1.29 is 14.3 Å². The Labute approximate surface area is 179 Å². The summed E-state index contributed by atoms with van der Waals surface area (Å²) in [6.45, 7) is 3.20. The average Bonchev–Trinajstić information content (AvgIpc) is 3.02. The standard InChI is InChI=1S/C21H22ClN5O3/c1-14-24-25-26-27(14)18(11-15-6-3-2-4-7-15)21(28)23-13-16-10-17(22)20-19(12-16)29-8-5-9-30-20/h2-4,6-7,10,12,18H,5,8-9,11,13H2,1H3,(H,23,28). The van der Waals surface area contributed by atoms with Gasteiger partial charge in [0.15, 0.2) is 11.5 Å². The van der Waals surface area contributed by atoms with Gasteiger partial charge in [-0.2, -0.15) is 0 Å². The Morgan fingerprint density at radius 1 is 1.20 bits per heavy atom. The highest BCUT2D eigenvalue weighted by atomic mass is 35.5. The molecule has 2 aromatic carbocycles. The molecule has 0 bridgehead atoms. The van der Waals surface area contributed by atoms with Crippen molar-refractivity contribution in [2.24, 2.45) is 0 Å². The second-order valence-electron chi connectivity index (χ2n) is 7.05. The Morgan fingerprint density at radius 2 is 2.00 bits per heavy atom. The molecule has 2 heterocycles. The van der Waals surface area contributed by atoms with Gasteiger partial charge in [-0.25, -0.2) is 4.68 Å². The van der Waals surface area contributed by atoms with Crippen LogP contribution >= 0.6 is 11.6 Å². The Bertz CT molecular complexity index is 1020. The van der Waals surface area contributed by atoms with E-state index in [2.05, 4.69) is 20.8 Å². The molecule has 30 heavy (non-hydrogen) atoms. The van der Waals surface area contributed by atoms with E-state index in [1.54, 1.807) is 17.7 Å². The van der Waals surface area contributed by atoms with Crippen molar-refractivity contribution in [2.45, 2.75) is 32.4 Å². The Hall–Kier alpha value is -3.13. The van der Waals surface area contributed by atoms with Crippen molar-refractivity contribution in [3.05, 3.63) is 64.4 Å². The van der Waals surface area contributed by atoms with Gasteiger partial charge < -0.3 is 14.8 Å². The smallest absolute Gasteiger partial charge is 0.245 e. The van der Waals surface area contributed by atoms with E-state index in [1.165, 1.54) is 0 Å². The van der Waals surface area contributed by atoms with Crippen LogP contribution in [0.25, 0.3) is 0 Å². The monoisotopic (exact) mass is 427 g/mol. The normalized spacial score (nSPS) is 14.1. The molecule has 0 radical (unpaired) electrons. The zero-order chi connectivity index (χ0) is 20.9. The number of nitrogens with one attached hydrogen (secondary N) is 1. The number of ether oxygens (including phenoxy) is 2. The van der Waals surface area contributed by atoms with Gasteiger partial charge in [0.1, 0.15) is 11.9 Å². The van der Waals surface area contributed by atoms with Gasteiger partial charge in [0.2, 0.25) is 5.91 Å². The number of fused-ring (bicyclic) bond motifs is 1. The van der Waals surface area contributed by atoms with E-state index in [0.29, 0.717) is 48.5 Å². The molecule has 3 aromatic rings. The van der Waals surface area contributed by atoms with E-state index in [0.717, 1.165) is 17.5 Å². The molecule has 156 valence electrons. The molecule has 1 aromatic heterocycles. The highest BCUT2D eigenvalue weighted by molar-refractivity contribution is 6.32. The van der Waals surface area contributed by atoms with Crippen LogP contribution in [0, 0.1) is 6.92 Å². The molecule has 1 aliphatic rings. The number of carbonyl (C=O) groups is 1. The number of halogens is 1. The first-order valence-electron chi connectivity index (χ1n) is 9.76. The summed E-state index contributed by atoms with van der Waals surface area (Å²) in [5, 5.41) is 15.1. The molecule has 1 aliphatic heterocycles. The number of aryl methyl sites for hydroxylation is 1. The van der Waals surface area contributed by atoms with E-state index in [9.17, 15) is 4.79 Å². The molecule has 0 saturated heterocycles. The molecule has 1 amide bonds. The maximum absolute atomic E-state index is 13.1. The summed E-state index contributed by atoms with van der Waals surface area (Å²) in [5.41, 5.74) is 1.84. The fraction of sp³-hybridized carbons (Fsp3) is 0.333. The maximum atomic E-state index is 13.1. The minimum absolute atomic E-state index is 0.183. The highest BCUT2D eigenvalue weighted by Gasteiger charge is 2.24. The lowest BCUT2D eigenvalue weighted by Crippen LogP contribution is -2.34. The van der Waals surface area contributed by atoms with Crippen LogP contribution in [0.4, 0.5) is 0 Å². The van der Waals surface area contributed by atoms with E-state index in [1.807, 2.05) is 36.4 Å². The Kier molecular flexibility index (Phi) is 6.13. The first kappa shape index (κ1) is 20.2. The van der Waals surface area contributed by atoms with Crippen LogP contribution in [0.2, 0.25) is 5.02 Å². The molecule has 1 N–H and O–H groups in total. The van der Waals surface area contributed by atoms with Gasteiger partial charge in [0.25, 0.3) is 0 Å². The van der Waals surface area contributed by atoms with Crippen molar-refractivity contribution in [1.29, 1.82) is 0 Å². The zero-order valence-electron chi connectivity index (χ0n) is 16.5. The van der Waals surface area contributed by atoms with Crippen LogP contribution in [0.5, 0.6) is 11.5 Å². The Balaban J connectivity index is 1.51. The fourth-order valence-corrected chi connectivity index (χ4v) is 3.63. The predicted octanol–water partition coefficient (Wildman–Crippen LogP) is 2.90. The number of hydrogen-bond donors (Lipinski definition) is 1. The average molecular weight is 428 g/mol. The van der Waals surface area contributed by atoms with E-state index in [4.69, 9.17) is 21.1 Å². The maximum Gasteiger partial charge on any atom is 0.245 e. The van der Waals surface area contributed by atoms with Gasteiger partial charge in [0, 0.05) is 19.4 Å². The second kappa shape index (κ2) is 9.13. The van der Waals surface area contributed by atoms with Crippen molar-refractivity contribution in [2.75, 3.05) is 13.2 Å². The fourth-order valence-electron chi connectivity index (χ4n) is 3.35. The number of amides is 1. The van der Waals surface area contributed by atoms with E-state index in [-0.39, 0.29) is 5.91 Å². The van der Waals surface area contributed by atoms with Gasteiger partial charge >= 0.3 is 0 Å². The van der Waals surface area contributed by atoms with Crippen molar-refractivity contribution >= 4 is 17.5 Å². The van der Waals surface area contributed by atoms with Gasteiger partial charge in [-0.3, -0.25) is 4.79 Å². The van der Waals surface area contributed by atoms with Crippen LogP contribution < -0.4 is 14.8 Å². The summed E-state index contributed by atoms with van der Waals surface area (Å²) in [6.07, 6.45) is 1.27. The molecular formula is C21H22ClN5O3. The molecule has 1 atom stereocenters. The number of rotatable bonds is 6. The molecule has 9 heteroatoms. The first-order valence-corrected chi connectivity index (χ1v) is 10.1. The third-order valence-corrected chi connectivity index (χ3v) is 5.14. The topological polar surface area (TPSA) is 91.2 Å². The lowest BCUT2D eigenvalue weighted by atomic mass is 10.1. The van der Waals surface area contributed by atoms with Crippen molar-refractivity contribution in [1.82, 2.24) is 25.5 Å². The van der Waals surface area contributed by atoms with Gasteiger partial charge in [-0.05, 0) is 40.6 Å². The summed E-state index contributed by atoms with van der Waals surface area (Å²) in [4.78, 5) is 13.1. The highest BCUT2D eigenvalue weighted by Crippen LogP contribution is 2.38. The summed E-state index contributed by atoms with van der Waals surface area (Å²) < 4.78 is 12.9. The summed E-state index contributed by atoms with van der Waals surface area (Å²) >= 11 is 6.36. The molecule has 0 saturated carbocycles. The quantitative estimate of drug-likeness (QED) is 0.650. The zero-order valence-corrected chi connectivity index (χ0v) is 17.3. The first-order chi connectivity index (χ1) is 14.6. The SMILES string of the molecule is Cc1nnnn1C(Cc1ccccc1)C(=O)NCc1cc(Cl)c2c(c1)OCCCO2. The minimum atomic E-state index is -0.571. The lowest BCUT2D eigenvalue weighted by molar-refractivity contribution is -0.124. The number of aromatic nitrogens is 4. The third-order valence-electron chi connectivity index (χ3n) is 4.86. The molecule has 0 spiro atoms. The molecule has 0 aliphatic carbocycles. The van der Waals surface area contributed by atoms with Crippen molar-refractivity contribution in [3.63, 3.8) is 0 Å². The molecule has 8 nitrogen and oxygen atoms in total. The van der Waals surface area contributed by atoms with Crippen LogP contribution in [-0.2, 0) is 17.8 Å². The number of nitrogens with zero attached hydrogens (tertiary/aromatic N) is 4. The largest absolute Gasteiger partial charge is 0.489 e. The van der Waals surface area contributed by atoms with Crippen LogP contribution in [0.1, 0.15) is 29.4 Å². The van der Waals surface area contributed by atoms with Crippen LogP contribution in [0.15, 0.2) is 42.5 Å². The van der Waals surface area contributed by atoms with Gasteiger partial charge in [-0.1, -0.05) is 41.9 Å². The van der Waals surface area contributed by atoms with Crippen molar-refractivity contribution in [3.8, 4) is 11.5 Å². The molecular weight excluding hydrogens is 406 g/mol. The summed E-state index contributed by atoms with van der Waals surface area (Å²) in [7, 11) is 0. The minimum Gasteiger partial charge on any atom is -0.489 e. The summed E-state index contributed by atoms with van der Waals surface area (Å²) in [6, 6.07) is 12.8. The van der Waals surface area contributed by atoms with Gasteiger partial charge in [0.05, 0.1) is 18.2 Å². The lowest BCUT2D eigenvalue weighted by Gasteiger charge is -2.18. The van der Waals surface area contributed by atoms with Gasteiger partial charge in [-0.15, -0.1) is 5.10 Å². The Morgan fingerprint density at radius 3 is 2.77 bits per heavy atom. The number of hydrogen-bond acceptors (Lipinski definition) is 6. The predicted molar refractivity (Wildman–Crippen MR) is 111 cm³/mol. The third kappa shape index (κ3) is 4.54. The summed E-state index contributed by atoms with van der Waals surface area (Å²) in [5.74, 6) is 1.54. The second-order valence-corrected chi connectivity index (χ2v) is 7.46. The van der Waals surface area contributed by atoms with E-state index < -0.39 is 6.04 Å². The number of benzene rings is 2. The van der Waals surface area contributed by atoms with Crippen LogP contribution in [-0.4, -0.2) is 39.3 Å². The van der Waals surface area contributed by atoms with E-state index >= 15 is 0 Å². The van der Waals surface area contributed by atoms with Crippen LogP contribution in [0.3, 0.4) is 0 Å². The molecule has 0 fully saturated rings.